The predicted octanol–water partition coefficient (Wildman–Crippen LogP) is 13.3. The van der Waals surface area contributed by atoms with Crippen molar-refractivity contribution in [2.75, 3.05) is 11.5 Å². The highest BCUT2D eigenvalue weighted by Crippen LogP contribution is 2.24. The average molecular weight is 945 g/mol. The zero-order chi connectivity index (χ0) is 47.1. The predicted molar refractivity (Wildman–Crippen MR) is 264 cm³/mol. The Hall–Kier alpha value is -2.48. The minimum Gasteiger partial charge on any atom is -0.481 e. The number of carboxylic acid groups (broad SMARTS) is 4. The molecule has 0 bridgehead atoms. The number of unbranched alkanes of at least 4 members (excludes halogenated alkanes) is 34. The second-order valence-corrected chi connectivity index (χ2v) is 20.6. The number of hydrogen-bond donors (Lipinski definition) is 6. The molecule has 0 aromatic heterocycles. The summed E-state index contributed by atoms with van der Waals surface area (Å²) in [6.07, 6.45) is 42.8. The van der Waals surface area contributed by atoms with Gasteiger partial charge in [0.25, 0.3) is 0 Å². The Bertz CT molecular complexity index is 1090. The molecule has 0 unspecified atom stereocenters. The number of amides is 2. The number of carbonyl (C=O) groups is 6. The van der Waals surface area contributed by atoms with E-state index in [2.05, 4.69) is 10.6 Å². The van der Waals surface area contributed by atoms with Crippen LogP contribution in [-0.2, 0) is 28.8 Å². The largest absolute Gasteiger partial charge is 0.481 e. The molecule has 64 heavy (non-hydrogen) atoms. The lowest BCUT2D eigenvalue weighted by atomic mass is 10.0. The molecule has 0 heterocycles. The topological polar surface area (TPSA) is 207 Å². The van der Waals surface area contributed by atoms with Gasteiger partial charge < -0.3 is 31.1 Å². The van der Waals surface area contributed by atoms with Gasteiger partial charge in [-0.25, -0.2) is 9.59 Å². The molecule has 0 aliphatic rings. The Kier molecular flexibility index (Phi) is 45.2. The number of nitrogens with one attached hydrogen (secondary N) is 2. The molecule has 0 spiro atoms. The molecule has 374 valence electrons. The molecule has 14 heteroatoms. The quantitative estimate of drug-likeness (QED) is 0.0249. The molecular formula is C50H92N2O10S2. The molecule has 0 aliphatic carbocycles. The van der Waals surface area contributed by atoms with E-state index in [0.717, 1.165) is 89.9 Å². The first kappa shape index (κ1) is 61.5. The minimum atomic E-state index is -1.13. The highest BCUT2D eigenvalue weighted by molar-refractivity contribution is 8.76. The van der Waals surface area contributed by atoms with Crippen molar-refractivity contribution in [3.8, 4) is 0 Å². The Morgan fingerprint density at radius 2 is 0.453 bits per heavy atom. The Morgan fingerprint density at radius 1 is 0.281 bits per heavy atom. The molecule has 0 fully saturated rings. The normalized spacial score (nSPS) is 12.2. The first-order valence-corrected chi connectivity index (χ1v) is 28.2. The van der Waals surface area contributed by atoms with E-state index in [9.17, 15) is 39.0 Å². The van der Waals surface area contributed by atoms with Gasteiger partial charge in [-0.05, 0) is 25.7 Å². The molecule has 0 aliphatic heterocycles. The van der Waals surface area contributed by atoms with Gasteiger partial charge in [-0.15, -0.1) is 0 Å². The lowest BCUT2D eigenvalue weighted by molar-refractivity contribution is -0.141. The van der Waals surface area contributed by atoms with Crippen LogP contribution >= 0.6 is 21.6 Å². The summed E-state index contributed by atoms with van der Waals surface area (Å²) >= 11 is 0. The van der Waals surface area contributed by atoms with Crippen LogP contribution in [0.2, 0.25) is 0 Å². The summed E-state index contributed by atoms with van der Waals surface area (Å²) in [4.78, 5) is 69.5. The van der Waals surface area contributed by atoms with Crippen molar-refractivity contribution in [2.24, 2.45) is 0 Å². The summed E-state index contributed by atoms with van der Waals surface area (Å²) in [5, 5.41) is 41.8. The average Bonchev–Trinajstić information content (AvgIpc) is 3.25. The van der Waals surface area contributed by atoms with Crippen LogP contribution in [0.4, 0.5) is 0 Å². The number of aliphatic carboxylic acids is 4. The maximum absolute atomic E-state index is 12.5. The van der Waals surface area contributed by atoms with E-state index in [1.54, 1.807) is 0 Å². The van der Waals surface area contributed by atoms with E-state index in [1.807, 2.05) is 0 Å². The van der Waals surface area contributed by atoms with Gasteiger partial charge in [0.2, 0.25) is 11.8 Å². The van der Waals surface area contributed by atoms with Gasteiger partial charge in [-0.2, -0.15) is 0 Å². The van der Waals surface area contributed by atoms with Crippen molar-refractivity contribution in [3.63, 3.8) is 0 Å². The van der Waals surface area contributed by atoms with Crippen LogP contribution in [0.25, 0.3) is 0 Å². The zero-order valence-corrected chi connectivity index (χ0v) is 41.5. The third-order valence-corrected chi connectivity index (χ3v) is 14.3. The molecule has 0 saturated carbocycles. The van der Waals surface area contributed by atoms with Crippen molar-refractivity contribution in [1.82, 2.24) is 10.6 Å². The van der Waals surface area contributed by atoms with Crippen LogP contribution in [0.3, 0.4) is 0 Å². The second kappa shape index (κ2) is 47.0. The van der Waals surface area contributed by atoms with Crippen LogP contribution in [0.1, 0.15) is 257 Å². The number of carbonyl (C=O) groups excluding carboxylic acids is 2. The third kappa shape index (κ3) is 46.1. The van der Waals surface area contributed by atoms with Gasteiger partial charge in [-0.1, -0.05) is 227 Å². The van der Waals surface area contributed by atoms with Gasteiger partial charge in [0.05, 0.1) is 0 Å². The third-order valence-electron chi connectivity index (χ3n) is 11.9. The molecule has 0 aromatic carbocycles. The summed E-state index contributed by atoms with van der Waals surface area (Å²) in [5.41, 5.74) is 0. The first-order valence-electron chi connectivity index (χ1n) is 25.7. The molecular weight excluding hydrogens is 853 g/mol. The second-order valence-electron chi connectivity index (χ2n) is 18.0. The van der Waals surface area contributed by atoms with E-state index >= 15 is 0 Å². The molecule has 12 nitrogen and oxygen atoms in total. The van der Waals surface area contributed by atoms with E-state index in [-0.39, 0.29) is 36.2 Å². The summed E-state index contributed by atoms with van der Waals surface area (Å²) < 4.78 is 0. The van der Waals surface area contributed by atoms with Crippen LogP contribution in [-0.4, -0.2) is 79.7 Å². The Labute approximate surface area is 396 Å². The van der Waals surface area contributed by atoms with Crippen LogP contribution in [0, 0.1) is 0 Å². The highest BCUT2D eigenvalue weighted by atomic mass is 33.1. The standard InChI is InChI=1S/C50H92N2O10S2/c53-45(37-33-29-25-21-17-13-9-5-1-3-7-11-15-19-23-27-31-35-39-47(55)56)51-43(49(59)60)41-63-64-42-44(50(61)62)52-46(54)38-34-30-26-22-18-14-10-6-2-4-8-12-16-20-24-28-32-36-40-48(57)58/h43-44H,1-42H2,(H,51,53)(H,52,54)(H,55,56)(H,57,58)(H,59,60)(H,61,62)/t43-,44-/m0/s1. The van der Waals surface area contributed by atoms with Gasteiger partial charge in [0, 0.05) is 37.2 Å². The highest BCUT2D eigenvalue weighted by Gasteiger charge is 2.23. The molecule has 6 N–H and O–H groups in total. The molecule has 0 radical (unpaired) electrons. The molecule has 2 amide bonds. The monoisotopic (exact) mass is 945 g/mol. The summed E-state index contributed by atoms with van der Waals surface area (Å²) in [6.45, 7) is 0. The van der Waals surface area contributed by atoms with Crippen LogP contribution < -0.4 is 10.6 Å². The minimum absolute atomic E-state index is 0.0899. The maximum Gasteiger partial charge on any atom is 0.327 e. The van der Waals surface area contributed by atoms with E-state index in [4.69, 9.17) is 10.2 Å². The molecule has 0 rings (SSSR count). The maximum atomic E-state index is 12.5. The fourth-order valence-electron chi connectivity index (χ4n) is 7.90. The summed E-state index contributed by atoms with van der Waals surface area (Å²) in [7, 11) is 2.36. The van der Waals surface area contributed by atoms with Crippen molar-refractivity contribution in [3.05, 3.63) is 0 Å². The fourth-order valence-corrected chi connectivity index (χ4v) is 10.2. The van der Waals surface area contributed by atoms with Crippen LogP contribution in [0.5, 0.6) is 0 Å². The Morgan fingerprint density at radius 3 is 0.625 bits per heavy atom. The van der Waals surface area contributed by atoms with E-state index in [1.165, 1.54) is 163 Å². The van der Waals surface area contributed by atoms with Crippen molar-refractivity contribution >= 4 is 57.3 Å². The van der Waals surface area contributed by atoms with E-state index in [0.29, 0.717) is 12.8 Å². The first-order chi connectivity index (χ1) is 31.0. The van der Waals surface area contributed by atoms with Crippen molar-refractivity contribution in [1.29, 1.82) is 0 Å². The van der Waals surface area contributed by atoms with Gasteiger partial charge in [0.15, 0.2) is 0 Å². The summed E-state index contributed by atoms with van der Waals surface area (Å²) in [5.74, 6) is -4.03. The molecule has 0 saturated heterocycles. The summed E-state index contributed by atoms with van der Waals surface area (Å²) in [6, 6.07) is -2.13. The van der Waals surface area contributed by atoms with Gasteiger partial charge >= 0.3 is 23.9 Å². The number of carboxylic acids is 4. The molecule has 0 aromatic rings. The fraction of sp³-hybridized carbons (Fsp3) is 0.880. The van der Waals surface area contributed by atoms with Gasteiger partial charge in [0.1, 0.15) is 12.1 Å². The number of rotatable bonds is 51. The van der Waals surface area contributed by atoms with Crippen molar-refractivity contribution < 1.29 is 49.2 Å². The van der Waals surface area contributed by atoms with E-state index < -0.39 is 36.0 Å². The zero-order valence-electron chi connectivity index (χ0n) is 39.9. The van der Waals surface area contributed by atoms with Crippen LogP contribution in [0.15, 0.2) is 0 Å². The SMILES string of the molecule is O=C(O)CCCCCCCCCCCCCCCCCCCCC(=O)N[C@@H](CSSC[C@H](NC(=O)CCCCCCCCCCCCCCCCCCCCC(=O)O)C(=O)O)C(=O)O. The van der Waals surface area contributed by atoms with Crippen molar-refractivity contribution in [2.45, 2.75) is 269 Å². The molecule has 2 atom stereocenters. The smallest absolute Gasteiger partial charge is 0.327 e. The lowest BCUT2D eigenvalue weighted by Crippen LogP contribution is -2.43. The van der Waals surface area contributed by atoms with Gasteiger partial charge in [-0.3, -0.25) is 19.2 Å². The number of hydrogen-bond acceptors (Lipinski definition) is 8. The lowest BCUT2D eigenvalue weighted by Gasteiger charge is -2.16. The Balaban J connectivity index is 3.76.